The fraction of sp³-hybridized carbons (Fsp3) is 0.200. The zero-order valence-electron chi connectivity index (χ0n) is 19.5. The lowest BCUT2D eigenvalue weighted by atomic mass is 10.0. The van der Waals surface area contributed by atoms with Gasteiger partial charge in [-0.05, 0) is 42.5 Å². The van der Waals surface area contributed by atoms with Gasteiger partial charge in [0, 0.05) is 21.3 Å². The summed E-state index contributed by atoms with van der Waals surface area (Å²) in [5.74, 6) is 0.680. The van der Waals surface area contributed by atoms with Crippen LogP contribution >= 0.6 is 15.9 Å². The van der Waals surface area contributed by atoms with Crippen LogP contribution in [0, 0.1) is 0 Å². The van der Waals surface area contributed by atoms with E-state index in [2.05, 4.69) is 26.7 Å². The number of ether oxygens (including phenoxy) is 4. The summed E-state index contributed by atoms with van der Waals surface area (Å²) in [7, 11) is 5.96. The molecular weight excluding hydrogens is 518 g/mol. The van der Waals surface area contributed by atoms with Gasteiger partial charge < -0.3 is 24.3 Å². The van der Waals surface area contributed by atoms with Crippen LogP contribution in [-0.2, 0) is 0 Å². The van der Waals surface area contributed by atoms with E-state index in [1.165, 1.54) is 38.5 Å². The van der Waals surface area contributed by atoms with Crippen molar-refractivity contribution in [1.82, 2.24) is 10.4 Å². The van der Waals surface area contributed by atoms with E-state index in [1.807, 2.05) is 18.2 Å². The number of rotatable bonds is 7. The summed E-state index contributed by atoms with van der Waals surface area (Å²) in [4.78, 5) is 26.9. The summed E-state index contributed by atoms with van der Waals surface area (Å²) >= 11 is 3.55. The molecule has 4 rings (SSSR count). The van der Waals surface area contributed by atoms with Crippen molar-refractivity contribution in [2.75, 3.05) is 33.8 Å². The smallest absolute Gasteiger partial charge is 0.276 e. The molecule has 0 saturated heterocycles. The standard InChI is InChI=1S/C25H24BrN3O6/c1-32-15-9-10-18(26)17(13-15)23-27-19-8-6-5-7-16(19)25(31)29(23)28-24(30)14-11-20(33-2)22(35-4)21(12-14)34-3/h5-13,23,27H,1-4H3,(H,28,30)/t23-/m0/s1. The maximum absolute atomic E-state index is 13.5. The molecule has 3 aromatic carbocycles. The molecule has 9 nitrogen and oxygen atoms in total. The second-order valence-electron chi connectivity index (χ2n) is 7.51. The molecule has 1 aliphatic heterocycles. The van der Waals surface area contributed by atoms with Crippen molar-refractivity contribution in [3.05, 3.63) is 75.8 Å². The monoisotopic (exact) mass is 541 g/mol. The second-order valence-corrected chi connectivity index (χ2v) is 8.36. The first-order valence-corrected chi connectivity index (χ1v) is 11.3. The fourth-order valence-corrected chi connectivity index (χ4v) is 4.29. The predicted octanol–water partition coefficient (Wildman–Crippen LogP) is 4.40. The van der Waals surface area contributed by atoms with Crippen LogP contribution in [0.15, 0.2) is 59.1 Å². The third-order valence-electron chi connectivity index (χ3n) is 5.57. The number of nitrogens with zero attached hydrogens (tertiary/aromatic N) is 1. The predicted molar refractivity (Wildman–Crippen MR) is 133 cm³/mol. The lowest BCUT2D eigenvalue weighted by Gasteiger charge is -2.38. The Bertz CT molecular complexity index is 1260. The van der Waals surface area contributed by atoms with Gasteiger partial charge in [-0.2, -0.15) is 0 Å². The highest BCUT2D eigenvalue weighted by molar-refractivity contribution is 9.10. The number of fused-ring (bicyclic) bond motifs is 1. The van der Waals surface area contributed by atoms with Crippen LogP contribution < -0.4 is 29.7 Å². The molecular formula is C25H24BrN3O6. The molecule has 0 fully saturated rings. The molecule has 0 unspecified atom stereocenters. The third kappa shape index (κ3) is 4.57. The molecule has 182 valence electrons. The molecule has 0 radical (unpaired) electrons. The first-order valence-electron chi connectivity index (χ1n) is 10.5. The summed E-state index contributed by atoms with van der Waals surface area (Å²) in [5.41, 5.74) is 4.73. The van der Waals surface area contributed by atoms with Crippen molar-refractivity contribution >= 4 is 33.4 Å². The number of benzene rings is 3. The molecule has 1 atom stereocenters. The van der Waals surface area contributed by atoms with E-state index in [4.69, 9.17) is 18.9 Å². The van der Waals surface area contributed by atoms with E-state index in [0.29, 0.717) is 39.8 Å². The van der Waals surface area contributed by atoms with Crippen LogP contribution in [0.5, 0.6) is 23.0 Å². The van der Waals surface area contributed by atoms with E-state index in [1.54, 1.807) is 31.4 Å². The molecule has 2 amide bonds. The van der Waals surface area contributed by atoms with Gasteiger partial charge in [0.2, 0.25) is 5.75 Å². The summed E-state index contributed by atoms with van der Waals surface area (Å²) in [6.45, 7) is 0. The van der Waals surface area contributed by atoms with Gasteiger partial charge in [-0.25, -0.2) is 5.01 Å². The van der Waals surface area contributed by atoms with E-state index < -0.39 is 12.1 Å². The van der Waals surface area contributed by atoms with Gasteiger partial charge in [0.25, 0.3) is 11.8 Å². The number of anilines is 1. The van der Waals surface area contributed by atoms with Crippen LogP contribution in [0.2, 0.25) is 0 Å². The maximum Gasteiger partial charge on any atom is 0.276 e. The highest BCUT2D eigenvalue weighted by Gasteiger charge is 2.36. The molecule has 1 aliphatic rings. The third-order valence-corrected chi connectivity index (χ3v) is 6.30. The number of nitrogens with one attached hydrogen (secondary N) is 2. The molecule has 0 bridgehead atoms. The van der Waals surface area contributed by atoms with Crippen molar-refractivity contribution in [3.63, 3.8) is 0 Å². The Morgan fingerprint density at radius 3 is 2.26 bits per heavy atom. The highest BCUT2D eigenvalue weighted by Crippen LogP contribution is 2.39. The van der Waals surface area contributed by atoms with Gasteiger partial charge >= 0.3 is 0 Å². The minimum Gasteiger partial charge on any atom is -0.497 e. The molecule has 0 spiro atoms. The van der Waals surface area contributed by atoms with Crippen LogP contribution in [-0.4, -0.2) is 45.3 Å². The normalized spacial score (nSPS) is 14.5. The van der Waals surface area contributed by atoms with Gasteiger partial charge in [-0.1, -0.05) is 28.1 Å². The number of hydrazine groups is 1. The highest BCUT2D eigenvalue weighted by atomic mass is 79.9. The van der Waals surface area contributed by atoms with E-state index in [9.17, 15) is 9.59 Å². The number of carbonyl (C=O) groups excluding carboxylic acids is 2. The quantitative estimate of drug-likeness (QED) is 0.457. The Balaban J connectivity index is 1.76. The Labute approximate surface area is 211 Å². The number of hydrogen-bond acceptors (Lipinski definition) is 7. The van der Waals surface area contributed by atoms with Crippen LogP contribution in [0.25, 0.3) is 0 Å². The van der Waals surface area contributed by atoms with E-state index >= 15 is 0 Å². The minimum atomic E-state index is -0.729. The summed E-state index contributed by atoms with van der Waals surface area (Å²) in [6.07, 6.45) is -0.729. The van der Waals surface area contributed by atoms with Crippen LogP contribution in [0.3, 0.4) is 0 Å². The number of amides is 2. The topological polar surface area (TPSA) is 98.4 Å². The van der Waals surface area contributed by atoms with E-state index in [-0.39, 0.29) is 11.5 Å². The van der Waals surface area contributed by atoms with Crippen molar-refractivity contribution in [2.24, 2.45) is 0 Å². The van der Waals surface area contributed by atoms with Gasteiger partial charge in [0.15, 0.2) is 11.5 Å². The lowest BCUT2D eigenvalue weighted by molar-refractivity contribution is 0.0490. The Kier molecular flexibility index (Phi) is 7.02. The number of methoxy groups -OCH3 is 4. The summed E-state index contributed by atoms with van der Waals surface area (Å²) < 4.78 is 22.2. The lowest BCUT2D eigenvalue weighted by Crippen LogP contribution is -2.53. The fourth-order valence-electron chi connectivity index (χ4n) is 3.83. The first-order chi connectivity index (χ1) is 16.9. The van der Waals surface area contributed by atoms with Crippen LogP contribution in [0.4, 0.5) is 5.69 Å². The van der Waals surface area contributed by atoms with Gasteiger partial charge in [0.1, 0.15) is 11.9 Å². The molecule has 0 aromatic heterocycles. The molecule has 10 heteroatoms. The Morgan fingerprint density at radius 2 is 1.63 bits per heavy atom. The maximum atomic E-state index is 13.5. The average Bonchev–Trinajstić information content (AvgIpc) is 2.89. The largest absolute Gasteiger partial charge is 0.497 e. The first kappa shape index (κ1) is 24.2. The summed E-state index contributed by atoms with van der Waals surface area (Å²) in [6, 6.07) is 15.5. The van der Waals surface area contributed by atoms with Crippen molar-refractivity contribution in [3.8, 4) is 23.0 Å². The average molecular weight is 542 g/mol. The molecule has 3 aromatic rings. The molecule has 35 heavy (non-hydrogen) atoms. The zero-order chi connectivity index (χ0) is 25.1. The Morgan fingerprint density at radius 1 is 0.943 bits per heavy atom. The second kappa shape index (κ2) is 10.1. The van der Waals surface area contributed by atoms with Gasteiger partial charge in [0.05, 0.1) is 34.0 Å². The number of carbonyl (C=O) groups is 2. The number of hydrogen-bond donors (Lipinski definition) is 2. The van der Waals surface area contributed by atoms with Crippen LogP contribution in [0.1, 0.15) is 32.4 Å². The molecule has 1 heterocycles. The molecule has 0 aliphatic carbocycles. The van der Waals surface area contributed by atoms with Crippen molar-refractivity contribution < 1.29 is 28.5 Å². The van der Waals surface area contributed by atoms with Crippen molar-refractivity contribution in [1.29, 1.82) is 0 Å². The molecule has 2 N–H and O–H groups in total. The molecule has 0 saturated carbocycles. The SMILES string of the molecule is COc1ccc(Br)c([C@H]2Nc3ccccc3C(=O)N2NC(=O)c2cc(OC)c(OC)c(OC)c2)c1. The van der Waals surface area contributed by atoms with E-state index in [0.717, 1.165) is 4.47 Å². The van der Waals surface area contributed by atoms with Crippen molar-refractivity contribution in [2.45, 2.75) is 6.17 Å². The Hall–Kier alpha value is -3.92. The van der Waals surface area contributed by atoms with Gasteiger partial charge in [-0.3, -0.25) is 15.0 Å². The summed E-state index contributed by atoms with van der Waals surface area (Å²) in [5, 5.41) is 4.60. The number of halogens is 1. The number of para-hydroxylation sites is 1. The zero-order valence-corrected chi connectivity index (χ0v) is 21.1. The minimum absolute atomic E-state index is 0.217. The van der Waals surface area contributed by atoms with Gasteiger partial charge in [-0.15, -0.1) is 0 Å².